The highest BCUT2D eigenvalue weighted by Crippen LogP contribution is 2.46. The van der Waals surface area contributed by atoms with Crippen molar-refractivity contribution in [2.75, 3.05) is 37.7 Å². The Kier molecular flexibility index (Phi) is 11.4. The Labute approximate surface area is 328 Å². The molecule has 306 valence electrons. The van der Waals surface area contributed by atoms with Crippen LogP contribution in [-0.2, 0) is 56.5 Å². The average molecular weight is 798 g/mol. The number of anilines is 1. The summed E-state index contributed by atoms with van der Waals surface area (Å²) in [5.41, 5.74) is 0.842. The molecule has 4 heterocycles. The Balaban J connectivity index is 1.12. The number of fused-ring (bicyclic) bond motifs is 3. The smallest absolute Gasteiger partial charge is 0.410 e. The van der Waals surface area contributed by atoms with Crippen LogP contribution in [0.2, 0.25) is 0 Å². The molecular weight excluding hydrogens is 743 g/mol. The molecule has 0 bridgehead atoms. The van der Waals surface area contributed by atoms with Crippen LogP contribution in [0.4, 0.5) is 10.5 Å². The van der Waals surface area contributed by atoms with Gasteiger partial charge in [0.2, 0.25) is 21.8 Å². The summed E-state index contributed by atoms with van der Waals surface area (Å²) in [4.78, 5) is 74.7. The van der Waals surface area contributed by atoms with Crippen molar-refractivity contribution in [3.63, 3.8) is 0 Å². The predicted molar refractivity (Wildman–Crippen MR) is 204 cm³/mol. The fraction of sp³-hybridized carbons (Fsp3) is 0.675. The van der Waals surface area contributed by atoms with Crippen molar-refractivity contribution in [2.45, 2.75) is 127 Å². The molecule has 4 amide bonds. The normalized spacial score (nSPS) is 29.2. The lowest BCUT2D eigenvalue weighted by Gasteiger charge is -2.30. The monoisotopic (exact) mass is 797 g/mol. The number of amides is 4. The van der Waals surface area contributed by atoms with Crippen molar-refractivity contribution in [3.8, 4) is 0 Å². The van der Waals surface area contributed by atoms with Crippen LogP contribution in [0.15, 0.2) is 30.4 Å². The zero-order valence-electron chi connectivity index (χ0n) is 32.6. The zero-order chi connectivity index (χ0) is 39.8. The Morgan fingerprint density at radius 1 is 1.04 bits per heavy atom. The Morgan fingerprint density at radius 3 is 2.54 bits per heavy atom. The molecular formula is C40H55N5O10S. The summed E-state index contributed by atoms with van der Waals surface area (Å²) >= 11 is 0. The summed E-state index contributed by atoms with van der Waals surface area (Å²) in [5, 5.41) is 2.22. The van der Waals surface area contributed by atoms with Crippen molar-refractivity contribution in [1.82, 2.24) is 19.8 Å². The number of ether oxygens (including phenoxy) is 3. The van der Waals surface area contributed by atoms with Crippen LogP contribution < -0.4 is 14.9 Å². The molecule has 2 saturated carbocycles. The second kappa shape index (κ2) is 16.0. The van der Waals surface area contributed by atoms with Gasteiger partial charge in [0.25, 0.3) is 5.91 Å². The number of nitrogens with zero attached hydrogens (tertiary/aromatic N) is 3. The van der Waals surface area contributed by atoms with Crippen LogP contribution in [-0.4, -0.2) is 109 Å². The Bertz CT molecular complexity index is 1850. The van der Waals surface area contributed by atoms with Gasteiger partial charge in [-0.15, -0.1) is 0 Å². The second-order valence-electron chi connectivity index (χ2n) is 17.1. The largest absolute Gasteiger partial charge is 0.460 e. The van der Waals surface area contributed by atoms with E-state index in [9.17, 15) is 32.4 Å². The van der Waals surface area contributed by atoms with Crippen LogP contribution in [0.5, 0.6) is 0 Å². The third-order valence-corrected chi connectivity index (χ3v) is 13.4. The van der Waals surface area contributed by atoms with Crippen LogP contribution in [0.1, 0.15) is 96.1 Å². The van der Waals surface area contributed by atoms with Gasteiger partial charge in [-0.3, -0.25) is 28.8 Å². The number of hydrogen-bond acceptors (Lipinski definition) is 11. The van der Waals surface area contributed by atoms with Gasteiger partial charge < -0.3 is 29.3 Å². The molecule has 0 unspecified atom stereocenters. The number of sulfonamides is 1. The van der Waals surface area contributed by atoms with E-state index in [4.69, 9.17) is 14.2 Å². The number of benzene rings is 1. The van der Waals surface area contributed by atoms with Crippen LogP contribution >= 0.6 is 0 Å². The van der Waals surface area contributed by atoms with Gasteiger partial charge >= 0.3 is 12.1 Å². The molecule has 2 aliphatic carbocycles. The minimum Gasteiger partial charge on any atom is -0.460 e. The van der Waals surface area contributed by atoms with Crippen molar-refractivity contribution >= 4 is 45.5 Å². The number of morpholine rings is 1. The summed E-state index contributed by atoms with van der Waals surface area (Å²) in [6.07, 6.45) is 6.61. The number of rotatable bonds is 7. The number of nitrogens with one attached hydrogen (secondary N) is 2. The Hall–Kier alpha value is -4.18. The van der Waals surface area contributed by atoms with E-state index in [1.54, 1.807) is 25.7 Å². The molecule has 4 fully saturated rings. The summed E-state index contributed by atoms with van der Waals surface area (Å²) in [7, 11) is -3.90. The summed E-state index contributed by atoms with van der Waals surface area (Å²) in [6, 6.07) is 4.88. The maximum absolute atomic E-state index is 14.5. The molecule has 4 aliphatic heterocycles. The molecule has 0 aromatic heterocycles. The first-order valence-corrected chi connectivity index (χ1v) is 21.6. The van der Waals surface area contributed by atoms with Gasteiger partial charge in [0, 0.05) is 43.6 Å². The molecule has 56 heavy (non-hydrogen) atoms. The van der Waals surface area contributed by atoms with E-state index < -0.39 is 80.2 Å². The lowest BCUT2D eigenvalue weighted by atomic mass is 9.95. The van der Waals surface area contributed by atoms with Crippen LogP contribution in [0.3, 0.4) is 0 Å². The molecule has 0 spiro atoms. The van der Waals surface area contributed by atoms with Crippen molar-refractivity contribution in [1.29, 1.82) is 0 Å². The van der Waals surface area contributed by atoms with Gasteiger partial charge in [0.15, 0.2) is 0 Å². The van der Waals surface area contributed by atoms with Crippen molar-refractivity contribution in [3.05, 3.63) is 41.5 Å². The highest BCUT2D eigenvalue weighted by Gasteiger charge is 2.62. The van der Waals surface area contributed by atoms with E-state index >= 15 is 0 Å². The summed E-state index contributed by atoms with van der Waals surface area (Å²) in [5.74, 6) is -3.66. The lowest BCUT2D eigenvalue weighted by Crippen LogP contribution is -2.57. The van der Waals surface area contributed by atoms with Gasteiger partial charge in [-0.1, -0.05) is 37.1 Å². The van der Waals surface area contributed by atoms with Crippen molar-refractivity contribution < 1.29 is 46.6 Å². The van der Waals surface area contributed by atoms with Crippen LogP contribution in [0.25, 0.3) is 0 Å². The molecule has 15 nitrogen and oxygen atoms in total. The van der Waals surface area contributed by atoms with Gasteiger partial charge in [0.1, 0.15) is 23.3 Å². The molecule has 7 rings (SSSR count). The molecule has 1 aromatic rings. The van der Waals surface area contributed by atoms with Gasteiger partial charge in [0.05, 0.1) is 38.0 Å². The van der Waals surface area contributed by atoms with Gasteiger partial charge in [-0.05, 0) is 76.5 Å². The van der Waals surface area contributed by atoms with Crippen molar-refractivity contribution in [2.24, 2.45) is 11.8 Å². The maximum atomic E-state index is 14.5. The third-order valence-electron chi connectivity index (χ3n) is 11.6. The first-order chi connectivity index (χ1) is 26.6. The molecule has 6 aliphatic rings. The summed E-state index contributed by atoms with van der Waals surface area (Å²) < 4.78 is 45.1. The molecule has 5 atom stereocenters. The fourth-order valence-corrected chi connectivity index (χ4v) is 9.78. The fourth-order valence-electron chi connectivity index (χ4n) is 8.41. The first kappa shape index (κ1) is 40.0. The highest BCUT2D eigenvalue weighted by molar-refractivity contribution is 7.91. The minimum atomic E-state index is -3.90. The first-order valence-electron chi connectivity index (χ1n) is 20.1. The maximum Gasteiger partial charge on any atom is 0.410 e. The molecule has 16 heteroatoms. The second-order valence-corrected chi connectivity index (χ2v) is 19.1. The quantitative estimate of drug-likeness (QED) is 0.305. The predicted octanol–water partition coefficient (Wildman–Crippen LogP) is 3.30. The standard InChI is InChI=1S/C40H55N5O10S/c1-39(2,3)55-34(46)20-26-10-7-5-4-6-8-12-28-22-40(28,37(49)42-56(51,52)30-14-15-30)41-35(47)33-21-29(24-45(33)36(26)48)54-38(50)44-23-27-11-9-13-32(31(27)25-44)43-16-18-53-19-17-43/h8-9,11-13,26,28-30,33H,4-7,10,14-25H2,1-3H3,(H,41,47)(H,42,49)/b12-8-/t26-,28-,29-,33+,40-/m1/s1. The average Bonchev–Trinajstić information content (AvgIpc) is 4.03. The van der Waals surface area contributed by atoms with Gasteiger partial charge in [-0.25, -0.2) is 13.2 Å². The molecule has 2 N–H and O–H groups in total. The molecule has 1 aromatic carbocycles. The Morgan fingerprint density at radius 2 is 1.80 bits per heavy atom. The number of carbonyl (C=O) groups is 5. The van der Waals surface area contributed by atoms with E-state index in [0.717, 1.165) is 42.7 Å². The van der Waals surface area contributed by atoms with E-state index in [1.165, 1.54) is 4.90 Å². The highest BCUT2D eigenvalue weighted by atomic mass is 32.2. The number of carbonyl (C=O) groups excluding carboxylic acids is 5. The molecule has 0 radical (unpaired) electrons. The minimum absolute atomic E-state index is 0.0408. The summed E-state index contributed by atoms with van der Waals surface area (Å²) in [6.45, 7) is 8.62. The number of esters is 1. The van der Waals surface area contributed by atoms with E-state index in [0.29, 0.717) is 58.4 Å². The van der Waals surface area contributed by atoms with Gasteiger partial charge in [-0.2, -0.15) is 0 Å². The van der Waals surface area contributed by atoms with E-state index in [2.05, 4.69) is 14.9 Å². The van der Waals surface area contributed by atoms with E-state index in [-0.39, 0.29) is 25.8 Å². The number of hydrogen-bond donors (Lipinski definition) is 2. The molecule has 2 saturated heterocycles. The SMILES string of the molecule is CC(C)(C)OC(=O)C[C@H]1CCCCC/C=C\[C@@H]2C[C@@]2(C(=O)NS(=O)(=O)C2CC2)NC(=O)[C@@H]2C[C@@H](OC(=O)N3Cc4cccc(N5CCOCC5)c4C3)CN2C1=O. The zero-order valence-corrected chi connectivity index (χ0v) is 33.4. The number of allylic oxidation sites excluding steroid dienone is 1. The van der Waals surface area contributed by atoms with E-state index in [1.807, 2.05) is 30.4 Å². The topological polar surface area (TPSA) is 181 Å². The van der Waals surface area contributed by atoms with Crippen LogP contribution in [0, 0.1) is 11.8 Å². The third kappa shape index (κ3) is 9.01. The lowest BCUT2D eigenvalue weighted by molar-refractivity contribution is -0.159.